The van der Waals surface area contributed by atoms with E-state index in [0.29, 0.717) is 24.3 Å². The Kier molecular flexibility index (Phi) is 10.8. The van der Waals surface area contributed by atoms with Crippen LogP contribution in [-0.4, -0.2) is 36.7 Å². The highest BCUT2D eigenvalue weighted by Crippen LogP contribution is 2.42. The van der Waals surface area contributed by atoms with Gasteiger partial charge in [-0.2, -0.15) is 0 Å². The first-order valence-electron chi connectivity index (χ1n) is 12.2. The number of carbonyl (C=O) groups excluding carboxylic acids is 2. The molecule has 2 amide bonds. The van der Waals surface area contributed by atoms with Gasteiger partial charge in [-0.15, -0.1) is 0 Å². The average molecular weight is 492 g/mol. The molecule has 1 atom stereocenters. The summed E-state index contributed by atoms with van der Waals surface area (Å²) in [6, 6.07) is 1.43. The third-order valence-electron chi connectivity index (χ3n) is 5.55. The van der Waals surface area contributed by atoms with E-state index in [1.807, 2.05) is 6.92 Å². The number of nitro groups is 1. The Morgan fingerprint density at radius 2 is 1.86 bits per heavy atom. The molecule has 0 aliphatic carbocycles. The van der Waals surface area contributed by atoms with Gasteiger partial charge in [0, 0.05) is 11.8 Å². The summed E-state index contributed by atoms with van der Waals surface area (Å²) in [5.41, 5.74) is 0.696. The van der Waals surface area contributed by atoms with Gasteiger partial charge in [-0.1, -0.05) is 39.5 Å². The number of nitrogens with zero attached hydrogens (tertiary/aromatic N) is 1. The summed E-state index contributed by atoms with van der Waals surface area (Å²) in [6.45, 7) is 7.87. The van der Waals surface area contributed by atoms with Gasteiger partial charge in [0.1, 0.15) is 0 Å². The number of amides is 2. The molecule has 0 bridgehead atoms. The van der Waals surface area contributed by atoms with Gasteiger partial charge in [0.05, 0.1) is 36.4 Å². The fourth-order valence-corrected chi connectivity index (χ4v) is 3.85. The van der Waals surface area contributed by atoms with Crippen LogP contribution in [0.3, 0.4) is 0 Å². The number of rotatable bonds is 14. The number of nitro benzene ring substituents is 1. The van der Waals surface area contributed by atoms with E-state index in [9.17, 15) is 19.7 Å². The Labute approximate surface area is 206 Å². The molecule has 1 unspecified atom stereocenters. The predicted molar refractivity (Wildman–Crippen MR) is 131 cm³/mol. The van der Waals surface area contributed by atoms with Crippen LogP contribution in [0.4, 0.5) is 10.5 Å². The number of methoxy groups -OCH3 is 1. The molecule has 35 heavy (non-hydrogen) atoms. The summed E-state index contributed by atoms with van der Waals surface area (Å²) in [6.07, 6.45) is 5.51. The average Bonchev–Trinajstić information content (AvgIpc) is 2.81. The molecule has 10 nitrogen and oxygen atoms in total. The van der Waals surface area contributed by atoms with Crippen LogP contribution in [0.5, 0.6) is 11.5 Å². The Morgan fingerprint density at radius 1 is 1.14 bits per heavy atom. The highest BCUT2D eigenvalue weighted by molar-refractivity contribution is 5.95. The molecular formula is C25H37N3O7. The number of hydrogen-bond donors (Lipinski definition) is 2. The molecule has 0 saturated heterocycles. The standard InChI is InChI=1S/C25H37N3O7/c1-6-8-10-11-13-34-23-19(28(31)32)14-17(15-20(23)33-5)22-21(24(29)35-16(3)4)18(12-9-7-2)26-25(30)27-22/h14-16,22H,6-13H2,1-5H3,(H2,26,27,30). The van der Waals surface area contributed by atoms with Crippen LogP contribution in [-0.2, 0) is 9.53 Å². The molecule has 0 spiro atoms. The second-order valence-corrected chi connectivity index (χ2v) is 8.72. The van der Waals surface area contributed by atoms with E-state index in [1.165, 1.54) is 13.2 Å². The smallest absolute Gasteiger partial charge is 0.338 e. The first-order chi connectivity index (χ1) is 16.7. The van der Waals surface area contributed by atoms with E-state index in [4.69, 9.17) is 14.2 Å². The van der Waals surface area contributed by atoms with Crippen molar-refractivity contribution >= 4 is 17.7 Å². The van der Waals surface area contributed by atoms with Crippen LogP contribution in [0.1, 0.15) is 84.2 Å². The van der Waals surface area contributed by atoms with Crippen molar-refractivity contribution in [2.75, 3.05) is 13.7 Å². The van der Waals surface area contributed by atoms with Crippen LogP contribution in [0.25, 0.3) is 0 Å². The maximum absolute atomic E-state index is 13.1. The van der Waals surface area contributed by atoms with Crippen molar-refractivity contribution < 1.29 is 28.7 Å². The third-order valence-corrected chi connectivity index (χ3v) is 5.55. The van der Waals surface area contributed by atoms with Crippen molar-refractivity contribution in [3.8, 4) is 11.5 Å². The Hall–Kier alpha value is -3.30. The van der Waals surface area contributed by atoms with E-state index in [0.717, 1.165) is 38.5 Å². The first-order valence-corrected chi connectivity index (χ1v) is 12.2. The van der Waals surface area contributed by atoms with Crippen molar-refractivity contribution in [1.82, 2.24) is 10.6 Å². The Balaban J connectivity index is 2.55. The molecule has 10 heteroatoms. The highest BCUT2D eigenvalue weighted by atomic mass is 16.6. The zero-order chi connectivity index (χ0) is 26.0. The normalized spacial score (nSPS) is 15.5. The van der Waals surface area contributed by atoms with Gasteiger partial charge in [-0.3, -0.25) is 10.1 Å². The molecule has 2 rings (SSSR count). The monoisotopic (exact) mass is 491 g/mol. The van der Waals surface area contributed by atoms with Crippen molar-refractivity contribution in [2.24, 2.45) is 0 Å². The lowest BCUT2D eigenvalue weighted by Crippen LogP contribution is -2.46. The van der Waals surface area contributed by atoms with Crippen LogP contribution < -0.4 is 20.1 Å². The van der Waals surface area contributed by atoms with E-state index in [1.54, 1.807) is 19.9 Å². The molecular weight excluding hydrogens is 454 g/mol. The summed E-state index contributed by atoms with van der Waals surface area (Å²) >= 11 is 0. The van der Waals surface area contributed by atoms with Crippen LogP contribution in [0.2, 0.25) is 0 Å². The van der Waals surface area contributed by atoms with E-state index >= 15 is 0 Å². The van der Waals surface area contributed by atoms with Crippen molar-refractivity contribution in [1.29, 1.82) is 0 Å². The van der Waals surface area contributed by atoms with Crippen LogP contribution in [0.15, 0.2) is 23.4 Å². The molecule has 0 saturated carbocycles. The van der Waals surface area contributed by atoms with E-state index < -0.39 is 23.0 Å². The van der Waals surface area contributed by atoms with Crippen molar-refractivity contribution in [2.45, 2.75) is 84.8 Å². The molecule has 0 aromatic heterocycles. The molecule has 1 heterocycles. The summed E-state index contributed by atoms with van der Waals surface area (Å²) in [5.74, 6) is -0.412. The maximum atomic E-state index is 13.1. The molecule has 194 valence electrons. The minimum atomic E-state index is -0.951. The van der Waals surface area contributed by atoms with Gasteiger partial charge in [0.25, 0.3) is 0 Å². The fourth-order valence-electron chi connectivity index (χ4n) is 3.85. The molecule has 1 aromatic carbocycles. The van der Waals surface area contributed by atoms with Gasteiger partial charge >= 0.3 is 17.7 Å². The second-order valence-electron chi connectivity index (χ2n) is 8.72. The summed E-state index contributed by atoms with van der Waals surface area (Å²) in [7, 11) is 1.39. The number of allylic oxidation sites excluding steroid dienone is 1. The highest BCUT2D eigenvalue weighted by Gasteiger charge is 2.36. The lowest BCUT2D eigenvalue weighted by molar-refractivity contribution is -0.386. The lowest BCUT2D eigenvalue weighted by Gasteiger charge is -2.30. The number of carbonyl (C=O) groups is 2. The van der Waals surface area contributed by atoms with E-state index in [2.05, 4.69) is 17.6 Å². The molecule has 1 aliphatic heterocycles. The van der Waals surface area contributed by atoms with Gasteiger partial charge in [-0.25, -0.2) is 9.59 Å². The summed E-state index contributed by atoms with van der Waals surface area (Å²) in [5, 5.41) is 17.4. The van der Waals surface area contributed by atoms with Crippen molar-refractivity contribution in [3.05, 3.63) is 39.1 Å². The zero-order valence-electron chi connectivity index (χ0n) is 21.3. The topological polar surface area (TPSA) is 129 Å². The van der Waals surface area contributed by atoms with Crippen molar-refractivity contribution in [3.63, 3.8) is 0 Å². The number of ether oxygens (including phenoxy) is 3. The minimum Gasteiger partial charge on any atom is -0.493 e. The van der Waals surface area contributed by atoms with Gasteiger partial charge < -0.3 is 24.8 Å². The quantitative estimate of drug-likeness (QED) is 0.156. The van der Waals surface area contributed by atoms with E-state index in [-0.39, 0.29) is 28.9 Å². The molecule has 1 aromatic rings. The largest absolute Gasteiger partial charge is 0.493 e. The van der Waals surface area contributed by atoms with Gasteiger partial charge in [0.15, 0.2) is 5.75 Å². The second kappa shape index (κ2) is 13.6. The Bertz CT molecular complexity index is 943. The SMILES string of the molecule is CCCCCCOc1c(OC)cc(C2NC(=O)NC(CCCC)=C2C(=O)OC(C)C)cc1[N+](=O)[O-]. The first kappa shape index (κ1) is 27.9. The fraction of sp³-hybridized carbons (Fsp3) is 0.600. The van der Waals surface area contributed by atoms with Crippen LogP contribution >= 0.6 is 0 Å². The third kappa shape index (κ3) is 7.60. The number of hydrogen-bond acceptors (Lipinski definition) is 7. The number of esters is 1. The number of unbranched alkanes of at least 4 members (excludes halogenated alkanes) is 4. The molecule has 0 radical (unpaired) electrons. The molecule has 0 fully saturated rings. The van der Waals surface area contributed by atoms with Crippen LogP contribution in [0, 0.1) is 10.1 Å². The van der Waals surface area contributed by atoms with Gasteiger partial charge in [-0.05, 0) is 44.7 Å². The van der Waals surface area contributed by atoms with Gasteiger partial charge in [0.2, 0.25) is 5.75 Å². The number of nitrogens with one attached hydrogen (secondary N) is 2. The summed E-state index contributed by atoms with van der Waals surface area (Å²) < 4.78 is 16.6. The molecule has 2 N–H and O–H groups in total. The number of benzene rings is 1. The maximum Gasteiger partial charge on any atom is 0.338 e. The zero-order valence-corrected chi connectivity index (χ0v) is 21.3. The lowest BCUT2D eigenvalue weighted by atomic mass is 9.92. The minimum absolute atomic E-state index is 0.0273. The molecule has 1 aliphatic rings. The number of urea groups is 1. The predicted octanol–water partition coefficient (Wildman–Crippen LogP) is 5.31. The summed E-state index contributed by atoms with van der Waals surface area (Å²) in [4.78, 5) is 37.0. The Morgan fingerprint density at radius 3 is 2.46 bits per heavy atom.